The summed E-state index contributed by atoms with van der Waals surface area (Å²) in [7, 11) is 0. The van der Waals surface area contributed by atoms with E-state index in [-0.39, 0.29) is 12.5 Å². The summed E-state index contributed by atoms with van der Waals surface area (Å²) in [4.78, 5) is 51.3. The summed E-state index contributed by atoms with van der Waals surface area (Å²) in [6.07, 6.45) is 7.54. The molecule has 13 heteroatoms. The molecule has 226 valence electrons. The zero-order chi connectivity index (χ0) is 29.3. The lowest BCUT2D eigenvalue weighted by Gasteiger charge is -2.25. The molecule has 2 saturated heterocycles. The summed E-state index contributed by atoms with van der Waals surface area (Å²) in [5, 5.41) is 2.81. The van der Waals surface area contributed by atoms with Crippen LogP contribution in [-0.4, -0.2) is 70.2 Å². The van der Waals surface area contributed by atoms with E-state index in [9.17, 15) is 23.6 Å². The molecule has 2 aliphatic heterocycles. The summed E-state index contributed by atoms with van der Waals surface area (Å²) in [6.45, 7) is 5.30. The van der Waals surface area contributed by atoms with Gasteiger partial charge >= 0.3 is 11.7 Å². The third kappa shape index (κ3) is 8.89. The Bertz CT molecular complexity index is 1110. The van der Waals surface area contributed by atoms with Gasteiger partial charge in [-0.15, -0.1) is 0 Å². The van der Waals surface area contributed by atoms with Gasteiger partial charge in [0.25, 0.3) is 5.56 Å². The maximum absolute atomic E-state index is 14.0. The lowest BCUT2D eigenvalue weighted by atomic mass is 10.1. The minimum atomic E-state index is -1.16. The topological polar surface area (TPSA) is 138 Å². The summed E-state index contributed by atoms with van der Waals surface area (Å²) >= 11 is 1.55. The molecule has 5 atom stereocenters. The van der Waals surface area contributed by atoms with E-state index in [0.29, 0.717) is 18.6 Å². The Labute approximate surface area is 237 Å². The van der Waals surface area contributed by atoms with Gasteiger partial charge in [0.15, 0.2) is 12.0 Å². The lowest BCUT2D eigenvalue weighted by Crippen LogP contribution is -2.43. The Kier molecular flexibility index (Phi) is 12.2. The van der Waals surface area contributed by atoms with Gasteiger partial charge in [-0.1, -0.05) is 45.4 Å². The van der Waals surface area contributed by atoms with Crippen LogP contribution in [0.5, 0.6) is 0 Å². The number of ether oxygens (including phenoxy) is 4. The van der Waals surface area contributed by atoms with Crippen LogP contribution in [0.15, 0.2) is 15.8 Å². The van der Waals surface area contributed by atoms with Crippen molar-refractivity contribution >= 4 is 23.6 Å². The van der Waals surface area contributed by atoms with Gasteiger partial charge in [-0.2, -0.15) is 16.2 Å². The third-order valence-electron chi connectivity index (χ3n) is 6.95. The molecule has 3 heterocycles. The van der Waals surface area contributed by atoms with Gasteiger partial charge in [0.1, 0.15) is 31.0 Å². The number of carbonyl (C=O) groups is 2. The van der Waals surface area contributed by atoms with Crippen molar-refractivity contribution in [3.8, 4) is 0 Å². The molecular weight excluding hydrogens is 545 g/mol. The van der Waals surface area contributed by atoms with E-state index in [1.807, 2.05) is 11.2 Å². The van der Waals surface area contributed by atoms with E-state index < -0.39 is 59.4 Å². The van der Waals surface area contributed by atoms with E-state index in [0.717, 1.165) is 30.0 Å². The largest absolute Gasteiger partial charge is 0.461 e. The summed E-state index contributed by atoms with van der Waals surface area (Å²) in [6, 6.07) is -0.814. The molecule has 40 heavy (non-hydrogen) atoms. The van der Waals surface area contributed by atoms with E-state index in [1.165, 1.54) is 25.7 Å². The standard InChI is InChI=1S/C27H42FN3O8S/c1-5-6-7-8-9-10-11-12-20(32)29-18(13-14-40-4)25(34)36-16-19-21-22(39-27(2,3)38-21)24(37-19)31-15-17(28)23(33)30-26(31)35/h15,18-19,21-22,24H,5-14,16H2,1-4H3,(H,29,32)(H,30,33,35)/t18-,19+,21+,22+,24+/m0/s1. The van der Waals surface area contributed by atoms with Crippen LogP contribution in [0.2, 0.25) is 0 Å². The number of aromatic amines is 1. The van der Waals surface area contributed by atoms with Gasteiger partial charge < -0.3 is 24.3 Å². The number of halogens is 1. The fourth-order valence-corrected chi connectivity index (χ4v) is 5.40. The summed E-state index contributed by atoms with van der Waals surface area (Å²) < 4.78 is 38.2. The first-order valence-electron chi connectivity index (χ1n) is 14.0. The monoisotopic (exact) mass is 587 g/mol. The molecule has 11 nitrogen and oxygen atoms in total. The van der Waals surface area contributed by atoms with Crippen LogP contribution >= 0.6 is 11.8 Å². The first-order valence-corrected chi connectivity index (χ1v) is 15.4. The molecule has 0 bridgehead atoms. The van der Waals surface area contributed by atoms with E-state index in [2.05, 4.69) is 12.2 Å². The van der Waals surface area contributed by atoms with Crippen molar-refractivity contribution < 1.29 is 32.9 Å². The number of amides is 1. The van der Waals surface area contributed by atoms with Gasteiger partial charge in [0.05, 0.1) is 6.20 Å². The smallest absolute Gasteiger partial charge is 0.330 e. The van der Waals surface area contributed by atoms with Gasteiger partial charge in [0, 0.05) is 6.42 Å². The molecule has 1 aromatic rings. The molecule has 0 aromatic carbocycles. The predicted octanol–water partition coefficient (Wildman–Crippen LogP) is 3.02. The number of H-pyrrole nitrogens is 1. The molecule has 0 saturated carbocycles. The van der Waals surface area contributed by atoms with Crippen LogP contribution in [0.1, 0.15) is 84.8 Å². The quantitative estimate of drug-likeness (QED) is 0.221. The second kappa shape index (κ2) is 15.1. The Morgan fingerprint density at radius 2 is 1.82 bits per heavy atom. The number of nitrogens with zero attached hydrogens (tertiary/aromatic N) is 1. The van der Waals surface area contributed by atoms with Gasteiger partial charge in [0.2, 0.25) is 11.7 Å². The number of nitrogens with one attached hydrogen (secondary N) is 2. The van der Waals surface area contributed by atoms with Gasteiger partial charge in [-0.05, 0) is 38.7 Å². The second-order valence-corrected chi connectivity index (χ2v) is 11.7. The van der Waals surface area contributed by atoms with E-state index >= 15 is 0 Å². The normalized spacial score (nSPS) is 24.0. The third-order valence-corrected chi connectivity index (χ3v) is 7.60. The first kappa shape index (κ1) is 32.3. The van der Waals surface area contributed by atoms with Crippen molar-refractivity contribution in [2.75, 3.05) is 18.6 Å². The molecule has 2 N–H and O–H groups in total. The van der Waals surface area contributed by atoms with E-state index in [1.54, 1.807) is 25.6 Å². The fourth-order valence-electron chi connectivity index (χ4n) is 4.93. The molecule has 0 radical (unpaired) electrons. The Morgan fingerprint density at radius 3 is 2.52 bits per heavy atom. The maximum atomic E-state index is 14.0. The van der Waals surface area contributed by atoms with Crippen molar-refractivity contribution in [2.45, 2.75) is 115 Å². The van der Waals surface area contributed by atoms with Crippen LogP contribution in [0.3, 0.4) is 0 Å². The molecule has 2 aliphatic rings. The Morgan fingerprint density at radius 1 is 1.15 bits per heavy atom. The highest BCUT2D eigenvalue weighted by atomic mass is 32.2. The van der Waals surface area contributed by atoms with Gasteiger partial charge in [-0.25, -0.2) is 9.59 Å². The average Bonchev–Trinajstić information content (AvgIpc) is 3.39. The molecular formula is C27H42FN3O8S. The lowest BCUT2D eigenvalue weighted by molar-refractivity contribution is -0.203. The highest BCUT2D eigenvalue weighted by Crippen LogP contribution is 2.42. The number of thioether (sulfide) groups is 1. The van der Waals surface area contributed by atoms with Crippen LogP contribution in [-0.2, 0) is 28.5 Å². The molecule has 1 amide bonds. The predicted molar refractivity (Wildman–Crippen MR) is 148 cm³/mol. The first-order chi connectivity index (χ1) is 19.1. The number of hydrogen-bond donors (Lipinski definition) is 2. The van der Waals surface area contributed by atoms with E-state index in [4.69, 9.17) is 18.9 Å². The van der Waals surface area contributed by atoms with Crippen LogP contribution in [0, 0.1) is 5.82 Å². The zero-order valence-electron chi connectivity index (χ0n) is 23.7. The van der Waals surface area contributed by atoms with Crippen LogP contribution in [0.25, 0.3) is 0 Å². The summed E-state index contributed by atoms with van der Waals surface area (Å²) in [5.74, 6) is -2.33. The van der Waals surface area contributed by atoms with Crippen molar-refractivity contribution in [2.24, 2.45) is 0 Å². The van der Waals surface area contributed by atoms with Crippen molar-refractivity contribution in [3.63, 3.8) is 0 Å². The summed E-state index contributed by atoms with van der Waals surface area (Å²) in [5.41, 5.74) is -2.02. The fraction of sp³-hybridized carbons (Fsp3) is 0.778. The van der Waals surface area contributed by atoms with Gasteiger partial charge in [-0.3, -0.25) is 19.1 Å². The number of unbranched alkanes of at least 4 members (excludes halogenated alkanes) is 6. The Balaban J connectivity index is 1.59. The number of rotatable bonds is 16. The average molecular weight is 588 g/mol. The highest BCUT2D eigenvalue weighted by molar-refractivity contribution is 7.98. The molecule has 0 aliphatic carbocycles. The number of aromatic nitrogens is 2. The zero-order valence-corrected chi connectivity index (χ0v) is 24.6. The minimum Gasteiger partial charge on any atom is -0.461 e. The molecule has 0 unspecified atom stereocenters. The number of carbonyl (C=O) groups excluding carboxylic acids is 2. The van der Waals surface area contributed by atoms with Crippen LogP contribution < -0.4 is 16.6 Å². The SMILES string of the molecule is CCCCCCCCCC(=O)N[C@@H](CCSC)C(=O)OC[C@H]1O[C@@H](n2cc(F)c(=O)[nH]c2=O)[C@@H]2OC(C)(C)O[C@@H]21. The van der Waals surface area contributed by atoms with Crippen molar-refractivity contribution in [1.29, 1.82) is 0 Å². The second-order valence-electron chi connectivity index (χ2n) is 10.7. The minimum absolute atomic E-state index is 0.192. The van der Waals surface area contributed by atoms with Crippen molar-refractivity contribution in [1.82, 2.24) is 14.9 Å². The maximum Gasteiger partial charge on any atom is 0.330 e. The molecule has 3 rings (SSSR count). The number of esters is 1. The highest BCUT2D eigenvalue weighted by Gasteiger charge is 2.56. The van der Waals surface area contributed by atoms with Crippen molar-refractivity contribution in [3.05, 3.63) is 32.9 Å². The number of fused-ring (bicyclic) bond motifs is 1. The molecule has 1 aromatic heterocycles. The Hall–Kier alpha value is -2.22. The van der Waals surface area contributed by atoms with Crippen LogP contribution in [0.4, 0.5) is 4.39 Å². The molecule has 2 fully saturated rings. The molecule has 0 spiro atoms. The number of hydrogen-bond acceptors (Lipinski definition) is 9.